The largest absolute Gasteiger partial charge is 0.488 e. The lowest BCUT2D eigenvalue weighted by molar-refractivity contribution is -0.141. The molecule has 3 rings (SSSR count). The van der Waals surface area contributed by atoms with E-state index in [0.717, 1.165) is 12.3 Å². The fourth-order valence-electron chi connectivity index (χ4n) is 2.44. The zero-order valence-electron chi connectivity index (χ0n) is 11.3. The Labute approximate surface area is 123 Å². The number of hydrogen-bond acceptors (Lipinski definition) is 3. The molecule has 0 saturated carbocycles. The highest BCUT2D eigenvalue weighted by atomic mass is 19.4. The SMILES string of the molecule is NC[C@H]1Cc2c(F)ccc(-c3ccc(C(F)(F)F)nc3)c2O1. The molecule has 1 aliphatic heterocycles. The highest BCUT2D eigenvalue weighted by molar-refractivity contribution is 5.72. The van der Waals surface area contributed by atoms with Crippen LogP contribution in [0.25, 0.3) is 11.1 Å². The quantitative estimate of drug-likeness (QED) is 0.867. The Balaban J connectivity index is 2.02. The smallest absolute Gasteiger partial charge is 0.433 e. The van der Waals surface area contributed by atoms with E-state index in [1.165, 1.54) is 18.2 Å². The van der Waals surface area contributed by atoms with Gasteiger partial charge in [-0.1, -0.05) is 6.07 Å². The summed E-state index contributed by atoms with van der Waals surface area (Å²) >= 11 is 0. The molecule has 0 unspecified atom stereocenters. The molecule has 1 aromatic heterocycles. The van der Waals surface area contributed by atoms with Crippen LogP contribution in [0.1, 0.15) is 11.3 Å². The van der Waals surface area contributed by atoms with Crippen LogP contribution in [0.3, 0.4) is 0 Å². The lowest BCUT2D eigenvalue weighted by Gasteiger charge is -2.12. The van der Waals surface area contributed by atoms with Crippen LogP contribution in [-0.2, 0) is 12.6 Å². The molecule has 1 aromatic carbocycles. The lowest BCUT2D eigenvalue weighted by Crippen LogP contribution is -2.24. The van der Waals surface area contributed by atoms with Crippen molar-refractivity contribution in [2.24, 2.45) is 5.73 Å². The summed E-state index contributed by atoms with van der Waals surface area (Å²) in [6, 6.07) is 4.92. The van der Waals surface area contributed by atoms with Gasteiger partial charge in [-0.05, 0) is 18.2 Å². The molecule has 1 aliphatic rings. The average molecular weight is 312 g/mol. The van der Waals surface area contributed by atoms with E-state index >= 15 is 0 Å². The highest BCUT2D eigenvalue weighted by Gasteiger charge is 2.32. The average Bonchev–Trinajstić information content (AvgIpc) is 2.92. The first-order valence-corrected chi connectivity index (χ1v) is 6.62. The molecule has 1 atom stereocenters. The van der Waals surface area contributed by atoms with Gasteiger partial charge in [0.15, 0.2) is 0 Å². The summed E-state index contributed by atoms with van der Waals surface area (Å²) in [4.78, 5) is 3.41. The molecule has 2 N–H and O–H groups in total. The number of pyridine rings is 1. The van der Waals surface area contributed by atoms with Gasteiger partial charge in [0.1, 0.15) is 23.4 Å². The molecule has 2 aromatic rings. The van der Waals surface area contributed by atoms with Crippen LogP contribution in [0.5, 0.6) is 5.75 Å². The summed E-state index contributed by atoms with van der Waals surface area (Å²) in [7, 11) is 0. The predicted molar refractivity (Wildman–Crippen MR) is 71.8 cm³/mol. The zero-order chi connectivity index (χ0) is 15.9. The van der Waals surface area contributed by atoms with Crippen LogP contribution in [-0.4, -0.2) is 17.6 Å². The third kappa shape index (κ3) is 2.52. The monoisotopic (exact) mass is 312 g/mol. The lowest BCUT2D eigenvalue weighted by atomic mass is 10.0. The fourth-order valence-corrected chi connectivity index (χ4v) is 2.44. The third-order valence-electron chi connectivity index (χ3n) is 3.55. The summed E-state index contributed by atoms with van der Waals surface area (Å²) in [5.41, 5.74) is 5.90. The van der Waals surface area contributed by atoms with Crippen LogP contribution in [0.15, 0.2) is 30.5 Å². The second-order valence-electron chi connectivity index (χ2n) is 5.01. The molecule has 0 saturated heterocycles. The number of benzene rings is 1. The van der Waals surface area contributed by atoms with Gasteiger partial charge in [0, 0.05) is 35.9 Å². The van der Waals surface area contributed by atoms with E-state index < -0.39 is 17.7 Å². The molecule has 0 amide bonds. The first-order chi connectivity index (χ1) is 10.4. The number of aromatic nitrogens is 1. The molecule has 3 nitrogen and oxygen atoms in total. The van der Waals surface area contributed by atoms with Crippen molar-refractivity contribution in [2.45, 2.75) is 18.7 Å². The van der Waals surface area contributed by atoms with Gasteiger partial charge in [0.2, 0.25) is 0 Å². The number of hydrogen-bond donors (Lipinski definition) is 1. The molecule has 7 heteroatoms. The van der Waals surface area contributed by atoms with Crippen molar-refractivity contribution in [1.82, 2.24) is 4.98 Å². The molecule has 0 bridgehead atoms. The molecule has 0 fully saturated rings. The summed E-state index contributed by atoms with van der Waals surface area (Å²) in [5.74, 6) is -0.0772. The first-order valence-electron chi connectivity index (χ1n) is 6.62. The third-order valence-corrected chi connectivity index (χ3v) is 3.55. The van der Waals surface area contributed by atoms with Gasteiger partial charge in [-0.2, -0.15) is 13.2 Å². The Kier molecular flexibility index (Phi) is 3.52. The van der Waals surface area contributed by atoms with Crippen molar-refractivity contribution in [3.8, 4) is 16.9 Å². The van der Waals surface area contributed by atoms with Gasteiger partial charge >= 0.3 is 6.18 Å². The second kappa shape index (κ2) is 5.24. The predicted octanol–water partition coefficient (Wildman–Crippen LogP) is 3.17. The van der Waals surface area contributed by atoms with Gasteiger partial charge in [-0.15, -0.1) is 0 Å². The van der Waals surface area contributed by atoms with E-state index in [1.807, 2.05) is 0 Å². The van der Waals surface area contributed by atoms with Crippen molar-refractivity contribution in [3.63, 3.8) is 0 Å². The molecule has 116 valence electrons. The van der Waals surface area contributed by atoms with Gasteiger partial charge in [0.25, 0.3) is 0 Å². The van der Waals surface area contributed by atoms with Crippen molar-refractivity contribution < 1.29 is 22.3 Å². The van der Waals surface area contributed by atoms with Crippen LogP contribution >= 0.6 is 0 Å². The number of ether oxygens (including phenoxy) is 1. The summed E-state index contributed by atoms with van der Waals surface area (Å²) in [6.45, 7) is 0.235. The molecule has 0 radical (unpaired) electrons. The number of halogens is 4. The van der Waals surface area contributed by atoms with E-state index in [9.17, 15) is 17.6 Å². The number of alkyl halides is 3. The summed E-state index contributed by atoms with van der Waals surface area (Å²) in [5, 5.41) is 0. The highest BCUT2D eigenvalue weighted by Crippen LogP contribution is 2.40. The Morgan fingerprint density at radius 3 is 2.59 bits per heavy atom. The van der Waals surface area contributed by atoms with Crippen LogP contribution in [0.4, 0.5) is 17.6 Å². The second-order valence-corrected chi connectivity index (χ2v) is 5.01. The Hall–Kier alpha value is -2.15. The number of fused-ring (bicyclic) bond motifs is 1. The molecule has 22 heavy (non-hydrogen) atoms. The van der Waals surface area contributed by atoms with Gasteiger partial charge in [-0.25, -0.2) is 4.39 Å². The molecule has 0 spiro atoms. The van der Waals surface area contributed by atoms with Crippen LogP contribution in [0, 0.1) is 5.82 Å². The summed E-state index contributed by atoms with van der Waals surface area (Å²) < 4.78 is 57.1. The van der Waals surface area contributed by atoms with E-state index in [0.29, 0.717) is 28.9 Å². The molecular formula is C15H12F4N2O. The summed E-state index contributed by atoms with van der Waals surface area (Å²) in [6.07, 6.45) is -3.37. The van der Waals surface area contributed by atoms with E-state index in [2.05, 4.69) is 4.98 Å². The van der Waals surface area contributed by atoms with E-state index in [4.69, 9.17) is 10.5 Å². The van der Waals surface area contributed by atoms with Crippen molar-refractivity contribution >= 4 is 0 Å². The van der Waals surface area contributed by atoms with Gasteiger partial charge < -0.3 is 10.5 Å². The van der Waals surface area contributed by atoms with Gasteiger partial charge in [0.05, 0.1) is 0 Å². The molecule has 2 heterocycles. The minimum Gasteiger partial charge on any atom is -0.488 e. The maximum Gasteiger partial charge on any atom is 0.433 e. The number of rotatable bonds is 2. The molecule has 0 aliphatic carbocycles. The minimum atomic E-state index is -4.50. The Morgan fingerprint density at radius 1 is 1.23 bits per heavy atom. The first kappa shape index (κ1) is 14.8. The zero-order valence-corrected chi connectivity index (χ0v) is 11.3. The van der Waals surface area contributed by atoms with Gasteiger partial charge in [-0.3, -0.25) is 4.98 Å². The van der Waals surface area contributed by atoms with Crippen LogP contribution in [0.2, 0.25) is 0 Å². The van der Waals surface area contributed by atoms with E-state index in [-0.39, 0.29) is 12.6 Å². The minimum absolute atomic E-state index is 0.235. The van der Waals surface area contributed by atoms with Crippen molar-refractivity contribution in [1.29, 1.82) is 0 Å². The van der Waals surface area contributed by atoms with Crippen molar-refractivity contribution in [3.05, 3.63) is 47.5 Å². The maximum absolute atomic E-state index is 13.8. The van der Waals surface area contributed by atoms with Crippen LogP contribution < -0.4 is 10.5 Å². The Bertz CT molecular complexity index is 698. The normalized spacial score (nSPS) is 17.2. The standard InChI is InChI=1S/C15H12F4N2O/c16-12-3-2-10(14-11(12)5-9(6-20)22-14)8-1-4-13(21-7-8)15(17,18)19/h1-4,7,9H,5-6,20H2/t9-/m1/s1. The van der Waals surface area contributed by atoms with Crippen molar-refractivity contribution in [2.75, 3.05) is 6.54 Å². The molecular weight excluding hydrogens is 300 g/mol. The number of nitrogens with zero attached hydrogens (tertiary/aromatic N) is 1. The van der Waals surface area contributed by atoms with E-state index in [1.54, 1.807) is 0 Å². The number of nitrogens with two attached hydrogens (primary N) is 1. The topological polar surface area (TPSA) is 48.1 Å². The maximum atomic E-state index is 13.8. The fraction of sp³-hybridized carbons (Fsp3) is 0.267. The Morgan fingerprint density at radius 2 is 2.00 bits per heavy atom.